The number of rotatable bonds is 23. The predicted molar refractivity (Wildman–Crippen MR) is 166 cm³/mol. The fourth-order valence-electron chi connectivity index (χ4n) is 4.33. The molecule has 7 nitrogen and oxygen atoms in total. The van der Waals surface area contributed by atoms with Gasteiger partial charge in [0.2, 0.25) is 0 Å². The van der Waals surface area contributed by atoms with E-state index in [1.807, 2.05) is 34.6 Å². The van der Waals surface area contributed by atoms with Crippen molar-refractivity contribution in [2.24, 2.45) is 17.8 Å². The summed E-state index contributed by atoms with van der Waals surface area (Å²) < 4.78 is 36.5. The highest BCUT2D eigenvalue weighted by atomic mass is 16.6. The van der Waals surface area contributed by atoms with E-state index in [2.05, 4.69) is 62.3 Å². The zero-order chi connectivity index (χ0) is 31.6. The third-order valence-electron chi connectivity index (χ3n) is 7.46. The average molecular weight is 577 g/mol. The first-order valence-electron chi connectivity index (χ1n) is 15.5. The molecular weight excluding hydrogens is 508 g/mol. The van der Waals surface area contributed by atoms with Crippen LogP contribution < -0.4 is 0 Å². The lowest BCUT2D eigenvalue weighted by Crippen LogP contribution is -2.45. The maximum atomic E-state index is 10.7. The van der Waals surface area contributed by atoms with Gasteiger partial charge in [-0.3, -0.25) is 0 Å². The molecule has 0 aliphatic carbocycles. The van der Waals surface area contributed by atoms with Gasteiger partial charge in [0.15, 0.2) is 0 Å². The quantitative estimate of drug-likeness (QED) is 0.116. The lowest BCUT2D eigenvalue weighted by Gasteiger charge is -2.41. The molecule has 3 unspecified atom stereocenters. The van der Waals surface area contributed by atoms with Gasteiger partial charge >= 0.3 is 0 Å². The van der Waals surface area contributed by atoms with Crippen LogP contribution in [0.5, 0.6) is 0 Å². The van der Waals surface area contributed by atoms with Crippen LogP contribution >= 0.6 is 0 Å². The lowest BCUT2D eigenvalue weighted by molar-refractivity contribution is -0.153. The molecule has 0 aliphatic heterocycles. The highest BCUT2D eigenvalue weighted by Crippen LogP contribution is 2.34. The Labute approximate surface area is 248 Å². The molecule has 242 valence electrons. The second-order valence-electron chi connectivity index (χ2n) is 13.4. The maximum Gasteiger partial charge on any atom is 0.145 e. The van der Waals surface area contributed by atoms with Crippen LogP contribution in [0.3, 0.4) is 0 Å². The van der Waals surface area contributed by atoms with E-state index in [0.29, 0.717) is 39.0 Å². The van der Waals surface area contributed by atoms with E-state index < -0.39 is 16.8 Å². The van der Waals surface area contributed by atoms with E-state index in [4.69, 9.17) is 28.4 Å². The Bertz CT molecular complexity index is 628. The first-order chi connectivity index (χ1) is 18.4. The molecule has 0 N–H and O–H groups in total. The molecule has 0 aromatic carbocycles. The smallest absolute Gasteiger partial charge is 0.145 e. The minimum Gasteiger partial charge on any atom is -0.381 e. The van der Waals surface area contributed by atoms with Gasteiger partial charge in [-0.1, -0.05) is 27.7 Å². The van der Waals surface area contributed by atoms with Crippen LogP contribution in [0.4, 0.5) is 0 Å². The van der Waals surface area contributed by atoms with E-state index in [0.717, 1.165) is 25.5 Å². The Morgan fingerprint density at radius 2 is 1.35 bits per heavy atom. The van der Waals surface area contributed by atoms with E-state index in [1.54, 1.807) is 7.11 Å². The normalized spacial score (nSPS) is 15.4. The van der Waals surface area contributed by atoms with Crippen molar-refractivity contribution in [3.63, 3.8) is 0 Å². The number of aldehydes is 1. The van der Waals surface area contributed by atoms with Crippen molar-refractivity contribution in [2.45, 2.75) is 145 Å². The van der Waals surface area contributed by atoms with Crippen molar-refractivity contribution < 1.29 is 33.2 Å². The van der Waals surface area contributed by atoms with Crippen LogP contribution in [0.25, 0.3) is 0 Å². The number of methoxy groups -OCH3 is 1. The molecule has 3 atom stereocenters. The van der Waals surface area contributed by atoms with Gasteiger partial charge in [0, 0.05) is 32.2 Å². The lowest BCUT2D eigenvalue weighted by atomic mass is 9.82. The fraction of sp³-hybridized carbons (Fsp3) is 0.970. The highest BCUT2D eigenvalue weighted by Gasteiger charge is 2.38. The molecule has 0 heterocycles. The standard InChI is InChI=1S/C31H62O7.C2H6/c1-14-35-25(4)19-26(30(9,10)33-13)21-34-22-27(31(11,12)37-17-15-24(2)3)20-28(5,6)38-23-29(7,8)36-18-16-32;1-2/h16,24-27H,14-15,17-23H2,1-13H3;1-2H3. The average Bonchev–Trinajstić information content (AvgIpc) is 2.86. The first kappa shape index (κ1) is 41.6. The topological polar surface area (TPSA) is 72.5 Å². The van der Waals surface area contributed by atoms with Crippen LogP contribution in [-0.4, -0.2) is 81.5 Å². The Balaban J connectivity index is 0. The zero-order valence-corrected chi connectivity index (χ0v) is 29.1. The molecule has 0 aliphatic rings. The minimum atomic E-state index is -0.552. The molecule has 0 aromatic heterocycles. The van der Waals surface area contributed by atoms with Gasteiger partial charge in [0.05, 0.1) is 48.3 Å². The Morgan fingerprint density at radius 1 is 0.775 bits per heavy atom. The summed E-state index contributed by atoms with van der Waals surface area (Å²) in [5.74, 6) is 0.859. The number of hydrogen-bond acceptors (Lipinski definition) is 7. The largest absolute Gasteiger partial charge is 0.381 e. The van der Waals surface area contributed by atoms with Gasteiger partial charge in [-0.05, 0) is 94.4 Å². The molecule has 0 rings (SSSR count). The summed E-state index contributed by atoms with van der Waals surface area (Å²) in [7, 11) is 1.76. The summed E-state index contributed by atoms with van der Waals surface area (Å²) in [6, 6.07) is 0. The zero-order valence-electron chi connectivity index (χ0n) is 29.1. The molecule has 0 saturated carbocycles. The van der Waals surface area contributed by atoms with Crippen LogP contribution in [0.2, 0.25) is 0 Å². The van der Waals surface area contributed by atoms with Crippen LogP contribution in [0.1, 0.15) is 116 Å². The SMILES string of the molecule is CC.CCOC(C)CC(COCC(CC(C)(C)OCC(C)(C)OCC=O)C(C)(C)OCCC(C)C)C(C)(C)OC. The van der Waals surface area contributed by atoms with Gasteiger partial charge in [0.1, 0.15) is 12.9 Å². The van der Waals surface area contributed by atoms with Crippen LogP contribution in [0.15, 0.2) is 0 Å². The third kappa shape index (κ3) is 18.8. The molecule has 0 aromatic rings. The van der Waals surface area contributed by atoms with Crippen molar-refractivity contribution in [3.05, 3.63) is 0 Å². The second-order valence-corrected chi connectivity index (χ2v) is 13.4. The number of ether oxygens (including phenoxy) is 6. The van der Waals surface area contributed by atoms with Gasteiger partial charge in [-0.2, -0.15) is 0 Å². The van der Waals surface area contributed by atoms with Crippen molar-refractivity contribution in [3.8, 4) is 0 Å². The van der Waals surface area contributed by atoms with Gasteiger partial charge in [-0.25, -0.2) is 0 Å². The molecule has 0 fully saturated rings. The van der Waals surface area contributed by atoms with Crippen LogP contribution in [-0.2, 0) is 33.2 Å². The third-order valence-corrected chi connectivity index (χ3v) is 7.46. The molecule has 0 saturated heterocycles. The van der Waals surface area contributed by atoms with Crippen molar-refractivity contribution in [1.29, 1.82) is 0 Å². The summed E-state index contributed by atoms with van der Waals surface area (Å²) in [5.41, 5.74) is -1.73. The summed E-state index contributed by atoms with van der Waals surface area (Å²) in [6.07, 6.45) is 3.52. The van der Waals surface area contributed by atoms with E-state index >= 15 is 0 Å². The molecule has 0 amide bonds. The van der Waals surface area contributed by atoms with Crippen LogP contribution in [0, 0.1) is 17.8 Å². The highest BCUT2D eigenvalue weighted by molar-refractivity contribution is 5.50. The minimum absolute atomic E-state index is 0.0604. The van der Waals surface area contributed by atoms with E-state index in [1.165, 1.54) is 0 Å². The summed E-state index contributed by atoms with van der Waals surface area (Å²) in [4.78, 5) is 10.7. The summed E-state index contributed by atoms with van der Waals surface area (Å²) in [6.45, 7) is 32.1. The van der Waals surface area contributed by atoms with Gasteiger partial charge < -0.3 is 33.2 Å². The molecule has 0 spiro atoms. The first-order valence-corrected chi connectivity index (χ1v) is 15.5. The molecule has 0 bridgehead atoms. The molecule has 40 heavy (non-hydrogen) atoms. The van der Waals surface area contributed by atoms with E-state index in [9.17, 15) is 4.79 Å². The monoisotopic (exact) mass is 576 g/mol. The Morgan fingerprint density at radius 3 is 1.85 bits per heavy atom. The number of carbonyl (C=O) groups is 1. The van der Waals surface area contributed by atoms with Crippen molar-refractivity contribution >= 4 is 6.29 Å². The summed E-state index contributed by atoms with van der Waals surface area (Å²) in [5, 5.41) is 0. The van der Waals surface area contributed by atoms with Gasteiger partial charge in [0.25, 0.3) is 0 Å². The van der Waals surface area contributed by atoms with Gasteiger partial charge in [-0.15, -0.1) is 0 Å². The van der Waals surface area contributed by atoms with Crippen molar-refractivity contribution in [1.82, 2.24) is 0 Å². The molecular formula is C33H68O7. The summed E-state index contributed by atoms with van der Waals surface area (Å²) >= 11 is 0. The Kier molecular flexibility index (Phi) is 21.2. The maximum absolute atomic E-state index is 10.7. The Hall–Kier alpha value is -0.570. The van der Waals surface area contributed by atoms with Crippen molar-refractivity contribution in [2.75, 3.05) is 46.8 Å². The molecule has 7 heteroatoms. The molecule has 0 radical (unpaired) electrons. The number of hydrogen-bond donors (Lipinski definition) is 0. The fourth-order valence-corrected chi connectivity index (χ4v) is 4.33. The number of carbonyl (C=O) groups excluding carboxylic acids is 1. The second kappa shape index (κ2) is 20.4. The predicted octanol–water partition coefficient (Wildman–Crippen LogP) is 7.52. The van der Waals surface area contributed by atoms with E-state index in [-0.39, 0.29) is 30.1 Å².